The first-order chi connectivity index (χ1) is 9.42. The number of carboxylic acids is 2. The highest BCUT2D eigenvalue weighted by Crippen LogP contribution is 2.22. The predicted molar refractivity (Wildman–Crippen MR) is 68.4 cm³/mol. The quantitative estimate of drug-likeness (QED) is 0.504. The van der Waals surface area contributed by atoms with Crippen molar-refractivity contribution in [1.29, 1.82) is 0 Å². The van der Waals surface area contributed by atoms with Crippen molar-refractivity contribution in [3.05, 3.63) is 0 Å². The lowest BCUT2D eigenvalue weighted by Crippen LogP contribution is -2.54. The molecule has 1 aliphatic rings. The number of carbonyl (C=O) groups is 3. The van der Waals surface area contributed by atoms with E-state index in [0.717, 1.165) is 0 Å². The normalized spacial score (nSPS) is 22.4. The molecule has 8 heteroatoms. The molecular weight excluding hydrogens is 268 g/mol. The van der Waals surface area contributed by atoms with Crippen LogP contribution in [0.15, 0.2) is 0 Å². The van der Waals surface area contributed by atoms with Gasteiger partial charge >= 0.3 is 18.0 Å². The van der Waals surface area contributed by atoms with Gasteiger partial charge in [0.2, 0.25) is 0 Å². The number of carboxylic acid groups (broad SMARTS) is 2. The Morgan fingerprint density at radius 3 is 2.45 bits per heavy atom. The average Bonchev–Trinajstić information content (AvgIpc) is 2.31. The number of carbonyl (C=O) groups excluding carboxylic acids is 1. The third-order valence-corrected chi connectivity index (χ3v) is 3.08. The predicted octanol–water partition coefficient (Wildman–Crippen LogP) is 0.171. The topological polar surface area (TPSA) is 125 Å². The highest BCUT2D eigenvalue weighted by Gasteiger charge is 2.31. The first kappa shape index (κ1) is 16.2. The third-order valence-electron chi connectivity index (χ3n) is 3.08. The molecule has 1 aliphatic carbocycles. The molecule has 4 N–H and O–H groups in total. The van der Waals surface area contributed by atoms with Gasteiger partial charge in [0.25, 0.3) is 0 Å². The van der Waals surface area contributed by atoms with Crippen molar-refractivity contribution >= 4 is 18.0 Å². The van der Waals surface area contributed by atoms with Gasteiger partial charge in [0, 0.05) is 19.1 Å². The van der Waals surface area contributed by atoms with E-state index in [1.807, 2.05) is 6.92 Å². The van der Waals surface area contributed by atoms with Crippen molar-refractivity contribution in [3.63, 3.8) is 0 Å². The van der Waals surface area contributed by atoms with Crippen molar-refractivity contribution < 1.29 is 29.3 Å². The lowest BCUT2D eigenvalue weighted by atomic mass is 9.89. The van der Waals surface area contributed by atoms with Crippen LogP contribution in [0.25, 0.3) is 0 Å². The molecule has 20 heavy (non-hydrogen) atoms. The number of amides is 2. The molecule has 0 aromatic heterocycles. The van der Waals surface area contributed by atoms with Gasteiger partial charge in [0.1, 0.15) is 6.04 Å². The van der Waals surface area contributed by atoms with Crippen LogP contribution in [0.4, 0.5) is 4.79 Å². The third kappa shape index (κ3) is 5.43. The number of urea groups is 1. The number of rotatable bonds is 8. The standard InChI is InChI=1S/C12H20N2O6/c1-2-20-8-5-7(6-8)13-12(19)14-9(11(17)18)3-4-10(15)16/h7-9H,2-6H2,1H3,(H,15,16)(H,17,18)(H2,13,14,19)/t7?,8?,9-/m0/s1. The molecule has 0 aromatic carbocycles. The fraction of sp³-hybridized carbons (Fsp3) is 0.750. The molecule has 1 saturated carbocycles. The van der Waals surface area contributed by atoms with Crippen LogP contribution < -0.4 is 10.6 Å². The van der Waals surface area contributed by atoms with Crippen LogP contribution in [0.1, 0.15) is 32.6 Å². The Bertz CT molecular complexity index is 367. The Morgan fingerprint density at radius 1 is 1.30 bits per heavy atom. The van der Waals surface area contributed by atoms with Crippen molar-refractivity contribution in [2.75, 3.05) is 6.61 Å². The Balaban J connectivity index is 2.28. The SMILES string of the molecule is CCOC1CC(NC(=O)N[C@@H](CCC(=O)O)C(=O)O)C1. The summed E-state index contributed by atoms with van der Waals surface area (Å²) in [6, 6.07) is -1.82. The molecule has 0 spiro atoms. The number of nitrogens with one attached hydrogen (secondary N) is 2. The van der Waals surface area contributed by atoms with E-state index in [2.05, 4.69) is 10.6 Å². The fourth-order valence-corrected chi connectivity index (χ4v) is 1.97. The second-order valence-corrected chi connectivity index (χ2v) is 4.69. The second kappa shape index (κ2) is 7.68. The molecule has 0 aliphatic heterocycles. The summed E-state index contributed by atoms with van der Waals surface area (Å²) in [5, 5.41) is 22.3. The van der Waals surface area contributed by atoms with Gasteiger partial charge in [-0.15, -0.1) is 0 Å². The van der Waals surface area contributed by atoms with Crippen LogP contribution in [0, 0.1) is 0 Å². The van der Waals surface area contributed by atoms with Crippen LogP contribution in [-0.4, -0.2) is 53.0 Å². The molecule has 2 amide bonds. The second-order valence-electron chi connectivity index (χ2n) is 4.69. The first-order valence-corrected chi connectivity index (χ1v) is 6.55. The maximum absolute atomic E-state index is 11.6. The van der Waals surface area contributed by atoms with Gasteiger partial charge in [0.05, 0.1) is 6.10 Å². The van der Waals surface area contributed by atoms with Crippen LogP contribution in [0.2, 0.25) is 0 Å². The van der Waals surface area contributed by atoms with E-state index in [1.54, 1.807) is 0 Å². The highest BCUT2D eigenvalue weighted by molar-refractivity contribution is 5.83. The minimum absolute atomic E-state index is 0.0273. The van der Waals surface area contributed by atoms with E-state index in [9.17, 15) is 14.4 Å². The molecule has 0 heterocycles. The van der Waals surface area contributed by atoms with E-state index in [0.29, 0.717) is 19.4 Å². The number of hydrogen-bond donors (Lipinski definition) is 4. The molecule has 0 aromatic rings. The van der Waals surface area contributed by atoms with E-state index < -0.39 is 24.0 Å². The zero-order valence-corrected chi connectivity index (χ0v) is 11.3. The van der Waals surface area contributed by atoms with Crippen LogP contribution in [0.5, 0.6) is 0 Å². The summed E-state index contributed by atoms with van der Waals surface area (Å²) in [5.74, 6) is -2.35. The van der Waals surface area contributed by atoms with Gasteiger partial charge < -0.3 is 25.6 Å². The molecule has 0 bridgehead atoms. The Morgan fingerprint density at radius 2 is 1.95 bits per heavy atom. The minimum Gasteiger partial charge on any atom is -0.481 e. The number of ether oxygens (including phenoxy) is 1. The maximum Gasteiger partial charge on any atom is 0.326 e. The summed E-state index contributed by atoms with van der Waals surface area (Å²) in [7, 11) is 0. The van der Waals surface area contributed by atoms with Gasteiger partial charge in [-0.3, -0.25) is 4.79 Å². The van der Waals surface area contributed by atoms with Crippen molar-refractivity contribution in [2.24, 2.45) is 0 Å². The van der Waals surface area contributed by atoms with Crippen molar-refractivity contribution in [2.45, 2.75) is 50.8 Å². The van der Waals surface area contributed by atoms with Gasteiger partial charge in [-0.2, -0.15) is 0 Å². The van der Waals surface area contributed by atoms with Crippen LogP contribution in [0.3, 0.4) is 0 Å². The van der Waals surface area contributed by atoms with Gasteiger partial charge in [-0.1, -0.05) is 0 Å². The summed E-state index contributed by atoms with van der Waals surface area (Å²) < 4.78 is 5.34. The van der Waals surface area contributed by atoms with Crippen molar-refractivity contribution in [1.82, 2.24) is 10.6 Å². The van der Waals surface area contributed by atoms with E-state index >= 15 is 0 Å². The monoisotopic (exact) mass is 288 g/mol. The summed E-state index contributed by atoms with van der Waals surface area (Å²) >= 11 is 0. The van der Waals surface area contributed by atoms with Crippen LogP contribution in [-0.2, 0) is 14.3 Å². The molecule has 114 valence electrons. The van der Waals surface area contributed by atoms with Crippen LogP contribution >= 0.6 is 0 Å². The van der Waals surface area contributed by atoms with Crippen molar-refractivity contribution in [3.8, 4) is 0 Å². The molecule has 1 rings (SSSR count). The number of hydrogen-bond acceptors (Lipinski definition) is 4. The molecule has 8 nitrogen and oxygen atoms in total. The first-order valence-electron chi connectivity index (χ1n) is 6.55. The van der Waals surface area contributed by atoms with Gasteiger partial charge in [-0.05, 0) is 26.2 Å². The van der Waals surface area contributed by atoms with E-state index in [-0.39, 0.29) is 25.0 Å². The molecule has 0 radical (unpaired) electrons. The molecular formula is C12H20N2O6. The molecule has 0 saturated heterocycles. The van der Waals surface area contributed by atoms with Gasteiger partial charge in [-0.25, -0.2) is 9.59 Å². The fourth-order valence-electron chi connectivity index (χ4n) is 1.97. The maximum atomic E-state index is 11.6. The minimum atomic E-state index is -1.25. The largest absolute Gasteiger partial charge is 0.481 e. The summed E-state index contributed by atoms with van der Waals surface area (Å²) in [4.78, 5) is 32.9. The summed E-state index contributed by atoms with van der Waals surface area (Å²) in [5.41, 5.74) is 0. The Labute approximate surface area is 116 Å². The summed E-state index contributed by atoms with van der Waals surface area (Å²) in [6.45, 7) is 2.52. The zero-order chi connectivity index (χ0) is 15.1. The zero-order valence-electron chi connectivity index (χ0n) is 11.3. The smallest absolute Gasteiger partial charge is 0.326 e. The highest BCUT2D eigenvalue weighted by atomic mass is 16.5. The molecule has 0 unspecified atom stereocenters. The Hall–Kier alpha value is -1.83. The lowest BCUT2D eigenvalue weighted by molar-refractivity contribution is -0.140. The Kier molecular flexibility index (Phi) is 6.23. The molecule has 1 fully saturated rings. The number of aliphatic carboxylic acids is 2. The summed E-state index contributed by atoms with van der Waals surface area (Å²) in [6.07, 6.45) is 1.09. The van der Waals surface area contributed by atoms with E-state index in [4.69, 9.17) is 14.9 Å². The van der Waals surface area contributed by atoms with E-state index in [1.165, 1.54) is 0 Å². The molecule has 1 atom stereocenters. The van der Waals surface area contributed by atoms with Gasteiger partial charge in [0.15, 0.2) is 0 Å². The lowest BCUT2D eigenvalue weighted by Gasteiger charge is -2.35. The average molecular weight is 288 g/mol.